The van der Waals surface area contributed by atoms with Gasteiger partial charge in [-0.1, -0.05) is 0 Å². The van der Waals surface area contributed by atoms with Crippen molar-refractivity contribution < 1.29 is 9.84 Å². The van der Waals surface area contributed by atoms with Crippen LogP contribution >= 0.6 is 0 Å². The highest BCUT2D eigenvalue weighted by molar-refractivity contribution is 4.74. The molecular weight excluding hydrogens is 166 g/mol. The summed E-state index contributed by atoms with van der Waals surface area (Å²) in [5.74, 6) is 0.499. The second kappa shape index (κ2) is 5.58. The molecule has 1 unspecified atom stereocenters. The van der Waals surface area contributed by atoms with E-state index in [2.05, 4.69) is 18.7 Å². The van der Waals surface area contributed by atoms with Crippen LogP contribution in [0.2, 0.25) is 0 Å². The average molecular weight is 187 g/mol. The van der Waals surface area contributed by atoms with Gasteiger partial charge in [0, 0.05) is 19.7 Å². The van der Waals surface area contributed by atoms with Gasteiger partial charge in [-0.15, -0.1) is 0 Å². The first kappa shape index (κ1) is 11.0. The maximum atomic E-state index is 8.94. The largest absolute Gasteiger partial charge is 0.396 e. The fourth-order valence-electron chi connectivity index (χ4n) is 1.68. The minimum atomic E-state index is 0.330. The molecule has 1 aliphatic rings. The molecule has 13 heavy (non-hydrogen) atoms. The predicted octanol–water partition coefficient (Wildman–Crippen LogP) is 0.726. The molecule has 1 saturated heterocycles. The third-order valence-corrected chi connectivity index (χ3v) is 2.49. The molecule has 78 valence electrons. The number of hydrogen-bond donors (Lipinski definition) is 1. The van der Waals surface area contributed by atoms with Gasteiger partial charge in [-0.3, -0.25) is 0 Å². The first-order valence-corrected chi connectivity index (χ1v) is 5.17. The first-order chi connectivity index (χ1) is 6.22. The Labute approximate surface area is 80.7 Å². The highest BCUT2D eigenvalue weighted by atomic mass is 16.5. The van der Waals surface area contributed by atoms with Gasteiger partial charge in [0.15, 0.2) is 0 Å². The molecule has 0 aromatic heterocycles. The summed E-state index contributed by atoms with van der Waals surface area (Å²) in [6.45, 7) is 8.43. The summed E-state index contributed by atoms with van der Waals surface area (Å²) in [6.07, 6.45) is 1.47. The average Bonchev–Trinajstić information content (AvgIpc) is 2.52. The Kier molecular flexibility index (Phi) is 4.70. The third-order valence-electron chi connectivity index (χ3n) is 2.49. The lowest BCUT2D eigenvalue weighted by Crippen LogP contribution is -2.26. The number of aliphatic hydroxyl groups is 1. The molecule has 0 aliphatic carbocycles. The zero-order valence-corrected chi connectivity index (χ0v) is 8.70. The predicted molar refractivity (Wildman–Crippen MR) is 52.7 cm³/mol. The normalized spacial score (nSPS) is 24.5. The Hall–Kier alpha value is -0.120. The van der Waals surface area contributed by atoms with Gasteiger partial charge >= 0.3 is 0 Å². The number of likely N-dealkylation sites (tertiary alicyclic amines) is 1. The van der Waals surface area contributed by atoms with Crippen LogP contribution in [-0.2, 0) is 4.74 Å². The number of rotatable bonds is 5. The van der Waals surface area contributed by atoms with Crippen molar-refractivity contribution >= 4 is 0 Å². The summed E-state index contributed by atoms with van der Waals surface area (Å²) in [7, 11) is 0. The number of nitrogens with zero attached hydrogens (tertiary/aromatic N) is 1. The monoisotopic (exact) mass is 187 g/mol. The molecule has 0 spiro atoms. The second-order valence-corrected chi connectivity index (χ2v) is 4.06. The van der Waals surface area contributed by atoms with Crippen LogP contribution in [0.1, 0.15) is 20.3 Å². The lowest BCUT2D eigenvalue weighted by atomic mass is 10.1. The molecular formula is C10H21NO2. The van der Waals surface area contributed by atoms with Crippen LogP contribution in [0.5, 0.6) is 0 Å². The van der Waals surface area contributed by atoms with Gasteiger partial charge in [0.05, 0.1) is 12.7 Å². The molecule has 1 aliphatic heterocycles. The smallest absolute Gasteiger partial charge is 0.0596 e. The van der Waals surface area contributed by atoms with Gasteiger partial charge in [-0.2, -0.15) is 0 Å². The van der Waals surface area contributed by atoms with Gasteiger partial charge in [0.25, 0.3) is 0 Å². The van der Waals surface area contributed by atoms with Crippen LogP contribution in [0.15, 0.2) is 0 Å². The Balaban J connectivity index is 2.03. The summed E-state index contributed by atoms with van der Waals surface area (Å²) in [6, 6.07) is 0. The maximum Gasteiger partial charge on any atom is 0.0596 e. The maximum absolute atomic E-state index is 8.94. The molecule has 3 nitrogen and oxygen atoms in total. The fraction of sp³-hybridized carbons (Fsp3) is 1.00. The Bertz CT molecular complexity index is 139. The molecule has 0 radical (unpaired) electrons. The van der Waals surface area contributed by atoms with Crippen LogP contribution in [0.3, 0.4) is 0 Å². The van der Waals surface area contributed by atoms with E-state index in [1.54, 1.807) is 0 Å². The Morgan fingerprint density at radius 1 is 1.54 bits per heavy atom. The minimum absolute atomic E-state index is 0.330. The topological polar surface area (TPSA) is 32.7 Å². The van der Waals surface area contributed by atoms with Crippen molar-refractivity contribution in [1.82, 2.24) is 4.90 Å². The van der Waals surface area contributed by atoms with E-state index in [-0.39, 0.29) is 0 Å². The molecule has 1 atom stereocenters. The van der Waals surface area contributed by atoms with Crippen molar-refractivity contribution in [2.45, 2.75) is 26.4 Å². The van der Waals surface area contributed by atoms with E-state index in [1.807, 2.05) is 0 Å². The summed E-state index contributed by atoms with van der Waals surface area (Å²) >= 11 is 0. The van der Waals surface area contributed by atoms with E-state index in [9.17, 15) is 0 Å². The molecule has 0 amide bonds. The third kappa shape index (κ3) is 4.07. The summed E-state index contributed by atoms with van der Waals surface area (Å²) in [4.78, 5) is 2.36. The van der Waals surface area contributed by atoms with E-state index in [1.165, 1.54) is 0 Å². The quantitative estimate of drug-likeness (QED) is 0.688. The molecule has 0 bridgehead atoms. The summed E-state index contributed by atoms with van der Waals surface area (Å²) in [5, 5.41) is 8.94. The van der Waals surface area contributed by atoms with E-state index in [0.29, 0.717) is 18.6 Å². The van der Waals surface area contributed by atoms with Gasteiger partial charge in [0.1, 0.15) is 0 Å². The van der Waals surface area contributed by atoms with Crippen molar-refractivity contribution in [2.24, 2.45) is 5.92 Å². The van der Waals surface area contributed by atoms with Gasteiger partial charge in [-0.05, 0) is 32.7 Å². The van der Waals surface area contributed by atoms with Gasteiger partial charge < -0.3 is 14.7 Å². The Morgan fingerprint density at radius 2 is 2.31 bits per heavy atom. The SMILES string of the molecule is CC(C)OCCN1CCC(CO)C1. The minimum Gasteiger partial charge on any atom is -0.396 e. The molecule has 0 saturated carbocycles. The summed E-state index contributed by atoms with van der Waals surface area (Å²) < 4.78 is 5.47. The van der Waals surface area contributed by atoms with E-state index >= 15 is 0 Å². The Morgan fingerprint density at radius 3 is 2.85 bits per heavy atom. The molecule has 1 N–H and O–H groups in total. The van der Waals surface area contributed by atoms with Crippen molar-refractivity contribution in [2.75, 3.05) is 32.8 Å². The number of hydrogen-bond acceptors (Lipinski definition) is 3. The molecule has 1 rings (SSSR count). The van der Waals surface area contributed by atoms with E-state index < -0.39 is 0 Å². The highest BCUT2D eigenvalue weighted by Crippen LogP contribution is 2.14. The van der Waals surface area contributed by atoms with Crippen molar-refractivity contribution in [3.05, 3.63) is 0 Å². The van der Waals surface area contributed by atoms with Crippen LogP contribution < -0.4 is 0 Å². The second-order valence-electron chi connectivity index (χ2n) is 4.06. The number of aliphatic hydroxyl groups excluding tert-OH is 1. The van der Waals surface area contributed by atoms with Crippen molar-refractivity contribution in [3.8, 4) is 0 Å². The molecule has 0 aromatic rings. The first-order valence-electron chi connectivity index (χ1n) is 5.17. The van der Waals surface area contributed by atoms with E-state index in [4.69, 9.17) is 9.84 Å². The van der Waals surface area contributed by atoms with Gasteiger partial charge in [-0.25, -0.2) is 0 Å². The van der Waals surface area contributed by atoms with Crippen LogP contribution in [0, 0.1) is 5.92 Å². The zero-order chi connectivity index (χ0) is 9.68. The fourth-order valence-corrected chi connectivity index (χ4v) is 1.68. The number of ether oxygens (including phenoxy) is 1. The highest BCUT2D eigenvalue weighted by Gasteiger charge is 2.20. The molecule has 0 aromatic carbocycles. The standard InChI is InChI=1S/C10H21NO2/c1-9(2)13-6-5-11-4-3-10(7-11)8-12/h9-10,12H,3-8H2,1-2H3. The van der Waals surface area contributed by atoms with Crippen molar-refractivity contribution in [3.63, 3.8) is 0 Å². The summed E-state index contributed by atoms with van der Waals surface area (Å²) in [5.41, 5.74) is 0. The van der Waals surface area contributed by atoms with Crippen molar-refractivity contribution in [1.29, 1.82) is 0 Å². The zero-order valence-electron chi connectivity index (χ0n) is 8.70. The lowest BCUT2D eigenvalue weighted by Gasteiger charge is -2.16. The van der Waals surface area contributed by atoms with Crippen LogP contribution in [0.4, 0.5) is 0 Å². The lowest BCUT2D eigenvalue weighted by molar-refractivity contribution is 0.0622. The molecule has 1 heterocycles. The molecule has 3 heteroatoms. The van der Waals surface area contributed by atoms with E-state index in [0.717, 1.165) is 32.7 Å². The van der Waals surface area contributed by atoms with Gasteiger partial charge in [0.2, 0.25) is 0 Å². The molecule has 1 fully saturated rings. The van der Waals surface area contributed by atoms with Crippen LogP contribution in [0.25, 0.3) is 0 Å². The van der Waals surface area contributed by atoms with Crippen LogP contribution in [-0.4, -0.2) is 49.0 Å².